The van der Waals surface area contributed by atoms with Crippen LogP contribution in [0.3, 0.4) is 0 Å². The van der Waals surface area contributed by atoms with Gasteiger partial charge in [-0.05, 0) is 42.1 Å². The number of aromatic nitrogens is 1. The number of hydrogen-bond donors (Lipinski definition) is 1. The molecule has 0 spiro atoms. The second-order valence-electron chi connectivity index (χ2n) is 8.27. The van der Waals surface area contributed by atoms with Gasteiger partial charge >= 0.3 is 0 Å². The molecule has 1 aliphatic rings. The number of benzene rings is 1. The second kappa shape index (κ2) is 8.74. The Morgan fingerprint density at radius 3 is 2.18 bits per heavy atom. The van der Waals surface area contributed by atoms with Crippen molar-refractivity contribution in [1.29, 1.82) is 0 Å². The maximum Gasteiger partial charge on any atom is 0.254 e. The Bertz CT molecular complexity index is 797. The highest BCUT2D eigenvalue weighted by Crippen LogP contribution is 2.34. The molecule has 1 aromatic heterocycles. The van der Waals surface area contributed by atoms with Crippen LogP contribution in [0.1, 0.15) is 61.0 Å². The molecule has 1 aliphatic heterocycles. The number of carbonyl (C=O) groups is 1. The van der Waals surface area contributed by atoms with E-state index < -0.39 is 0 Å². The van der Waals surface area contributed by atoms with Crippen molar-refractivity contribution in [2.45, 2.75) is 39.5 Å². The topological polar surface area (TPSA) is 48.5 Å². The Morgan fingerprint density at radius 1 is 1.00 bits per heavy atom. The lowest BCUT2D eigenvalue weighted by Crippen LogP contribution is -2.47. The quantitative estimate of drug-likeness (QED) is 0.832. The maximum atomic E-state index is 12.9. The van der Waals surface area contributed by atoms with E-state index >= 15 is 0 Å². The fourth-order valence-electron chi connectivity index (χ4n) is 3.65. The summed E-state index contributed by atoms with van der Waals surface area (Å²) in [5.74, 6) is 1.60. The summed E-state index contributed by atoms with van der Waals surface area (Å²) in [6.07, 6.45) is 1.72. The van der Waals surface area contributed by atoms with Gasteiger partial charge in [0.1, 0.15) is 5.82 Å². The summed E-state index contributed by atoms with van der Waals surface area (Å²) >= 11 is 0. The number of nitrogens with one attached hydrogen (secondary N) is 1. The fraction of sp³-hybridized carbons (Fsp3) is 0.478. The molecule has 0 atom stereocenters. The molecular weight excluding hydrogens is 348 g/mol. The van der Waals surface area contributed by atoms with Crippen molar-refractivity contribution in [1.82, 2.24) is 14.8 Å². The lowest BCUT2D eigenvalue weighted by molar-refractivity contribution is 0.0664. The summed E-state index contributed by atoms with van der Waals surface area (Å²) in [5, 5.41) is 3.52. The SMILES string of the molecule is CC(C)c1cccc(C(C)C)c1Nc1cc(C(=O)N2CCN(C)CC2)ccn1. The lowest BCUT2D eigenvalue weighted by atomic mass is 9.92. The molecule has 1 aromatic carbocycles. The van der Waals surface area contributed by atoms with E-state index in [-0.39, 0.29) is 5.91 Å². The summed E-state index contributed by atoms with van der Waals surface area (Å²) in [7, 11) is 2.09. The van der Waals surface area contributed by atoms with Gasteiger partial charge in [-0.3, -0.25) is 4.79 Å². The van der Waals surface area contributed by atoms with Crippen LogP contribution in [0.2, 0.25) is 0 Å². The van der Waals surface area contributed by atoms with Gasteiger partial charge in [0, 0.05) is 43.6 Å². The van der Waals surface area contributed by atoms with E-state index in [4.69, 9.17) is 0 Å². The van der Waals surface area contributed by atoms with E-state index in [2.05, 4.69) is 68.1 Å². The van der Waals surface area contributed by atoms with Gasteiger partial charge in [-0.15, -0.1) is 0 Å². The van der Waals surface area contributed by atoms with Crippen LogP contribution in [-0.4, -0.2) is 53.9 Å². The van der Waals surface area contributed by atoms with Gasteiger partial charge in [-0.1, -0.05) is 45.9 Å². The summed E-state index contributed by atoms with van der Waals surface area (Å²) in [4.78, 5) is 21.6. The van der Waals surface area contributed by atoms with Gasteiger partial charge in [-0.25, -0.2) is 4.98 Å². The lowest BCUT2D eigenvalue weighted by Gasteiger charge is -2.32. The third-order valence-corrected chi connectivity index (χ3v) is 5.42. The molecule has 0 aliphatic carbocycles. The van der Waals surface area contributed by atoms with Crippen LogP contribution in [0.5, 0.6) is 0 Å². The minimum absolute atomic E-state index is 0.0831. The van der Waals surface area contributed by atoms with Gasteiger partial charge in [0.15, 0.2) is 0 Å². The number of piperazine rings is 1. The molecule has 1 fully saturated rings. The number of likely N-dealkylation sites (N-methyl/N-ethyl adjacent to an activating group) is 1. The molecule has 2 aromatic rings. The number of anilines is 2. The number of nitrogens with zero attached hydrogens (tertiary/aromatic N) is 3. The molecule has 5 heteroatoms. The van der Waals surface area contributed by atoms with Gasteiger partial charge in [0.2, 0.25) is 0 Å². The van der Waals surface area contributed by atoms with Crippen molar-refractivity contribution in [3.63, 3.8) is 0 Å². The predicted molar refractivity (Wildman–Crippen MR) is 116 cm³/mol. The minimum Gasteiger partial charge on any atom is -0.340 e. The number of hydrogen-bond acceptors (Lipinski definition) is 4. The van der Waals surface area contributed by atoms with Crippen molar-refractivity contribution < 1.29 is 4.79 Å². The van der Waals surface area contributed by atoms with E-state index in [9.17, 15) is 4.79 Å². The van der Waals surface area contributed by atoms with Crippen molar-refractivity contribution in [2.75, 3.05) is 38.5 Å². The molecule has 1 amide bonds. The molecule has 28 heavy (non-hydrogen) atoms. The van der Waals surface area contributed by atoms with Crippen molar-refractivity contribution in [3.8, 4) is 0 Å². The summed E-state index contributed by atoms with van der Waals surface area (Å²) in [6.45, 7) is 12.2. The summed E-state index contributed by atoms with van der Waals surface area (Å²) < 4.78 is 0. The van der Waals surface area contributed by atoms with Crippen LogP contribution >= 0.6 is 0 Å². The molecule has 2 heterocycles. The van der Waals surface area contributed by atoms with Gasteiger partial charge in [-0.2, -0.15) is 0 Å². The first-order valence-corrected chi connectivity index (χ1v) is 10.2. The number of pyridine rings is 1. The van der Waals surface area contributed by atoms with Crippen LogP contribution in [0.15, 0.2) is 36.5 Å². The van der Waals surface area contributed by atoms with E-state index in [1.165, 1.54) is 11.1 Å². The van der Waals surface area contributed by atoms with Crippen LogP contribution in [0.4, 0.5) is 11.5 Å². The van der Waals surface area contributed by atoms with Gasteiger partial charge in [0.05, 0.1) is 0 Å². The third kappa shape index (κ3) is 4.53. The molecule has 0 bridgehead atoms. The average Bonchev–Trinajstić information content (AvgIpc) is 2.68. The Labute approximate surface area is 168 Å². The van der Waals surface area contributed by atoms with Crippen LogP contribution in [0.25, 0.3) is 0 Å². The first-order chi connectivity index (χ1) is 13.4. The predicted octanol–water partition coefficient (Wildman–Crippen LogP) is 4.46. The third-order valence-electron chi connectivity index (χ3n) is 5.42. The van der Waals surface area contributed by atoms with Gasteiger partial charge in [0.25, 0.3) is 5.91 Å². The van der Waals surface area contributed by atoms with E-state index in [1.807, 2.05) is 17.0 Å². The molecule has 5 nitrogen and oxygen atoms in total. The normalized spacial score (nSPS) is 15.3. The maximum absolute atomic E-state index is 12.9. The highest BCUT2D eigenvalue weighted by atomic mass is 16.2. The van der Waals surface area contributed by atoms with Crippen LogP contribution in [-0.2, 0) is 0 Å². The van der Waals surface area contributed by atoms with Crippen LogP contribution < -0.4 is 5.32 Å². The summed E-state index contributed by atoms with van der Waals surface area (Å²) in [5.41, 5.74) is 4.34. The standard InChI is InChI=1S/C23H32N4O/c1-16(2)19-7-6-8-20(17(3)4)22(19)25-21-15-18(9-10-24-21)23(28)27-13-11-26(5)12-14-27/h6-10,15-17H,11-14H2,1-5H3,(H,24,25). The highest BCUT2D eigenvalue weighted by Gasteiger charge is 2.21. The zero-order chi connectivity index (χ0) is 20.3. The molecule has 1 saturated heterocycles. The number of amides is 1. The Hall–Kier alpha value is -2.40. The smallest absolute Gasteiger partial charge is 0.254 e. The van der Waals surface area contributed by atoms with Crippen LogP contribution in [0, 0.1) is 0 Å². The molecular formula is C23H32N4O. The zero-order valence-corrected chi connectivity index (χ0v) is 17.7. The first kappa shape index (κ1) is 20.3. The van der Waals surface area contributed by atoms with E-state index in [0.29, 0.717) is 17.4 Å². The Balaban J connectivity index is 1.87. The average molecular weight is 381 g/mol. The summed E-state index contributed by atoms with van der Waals surface area (Å²) in [6, 6.07) is 10.1. The monoisotopic (exact) mass is 380 g/mol. The Kier molecular flexibility index (Phi) is 6.35. The minimum atomic E-state index is 0.0831. The zero-order valence-electron chi connectivity index (χ0n) is 17.7. The van der Waals surface area contributed by atoms with Crippen molar-refractivity contribution in [2.24, 2.45) is 0 Å². The molecule has 150 valence electrons. The van der Waals surface area contributed by atoms with Crippen molar-refractivity contribution >= 4 is 17.4 Å². The second-order valence-corrected chi connectivity index (χ2v) is 8.27. The van der Waals surface area contributed by atoms with Crippen molar-refractivity contribution in [3.05, 3.63) is 53.2 Å². The highest BCUT2D eigenvalue weighted by molar-refractivity contribution is 5.95. The molecule has 0 radical (unpaired) electrons. The molecule has 0 saturated carbocycles. The Morgan fingerprint density at radius 2 is 1.61 bits per heavy atom. The first-order valence-electron chi connectivity index (χ1n) is 10.2. The largest absolute Gasteiger partial charge is 0.340 e. The number of rotatable bonds is 5. The van der Waals surface area contributed by atoms with Gasteiger partial charge < -0.3 is 15.1 Å². The molecule has 1 N–H and O–H groups in total. The van der Waals surface area contributed by atoms with E-state index in [0.717, 1.165) is 37.7 Å². The fourth-order valence-corrected chi connectivity index (χ4v) is 3.65. The molecule has 0 unspecified atom stereocenters. The molecule has 3 rings (SSSR count). The van der Waals surface area contributed by atoms with E-state index in [1.54, 1.807) is 6.20 Å². The number of para-hydroxylation sites is 1. The number of carbonyl (C=O) groups excluding carboxylic acids is 1.